The molecule has 0 aliphatic rings. The van der Waals surface area contributed by atoms with Crippen LogP contribution in [0.2, 0.25) is 0 Å². The van der Waals surface area contributed by atoms with Crippen molar-refractivity contribution in [3.05, 3.63) is 329 Å². The molecule has 12 aromatic carbocycles. The van der Waals surface area contributed by atoms with Crippen LogP contribution in [0.1, 0.15) is 0 Å². The maximum absolute atomic E-state index is 5.33. The predicted octanol–water partition coefficient (Wildman–Crippen LogP) is 20.3. The second kappa shape index (κ2) is 24.1. The van der Waals surface area contributed by atoms with Gasteiger partial charge in [0.1, 0.15) is 22.8 Å². The Hall–Kier alpha value is -12.8. The summed E-state index contributed by atoms with van der Waals surface area (Å²) < 4.78 is 0. The molecule has 0 atom stereocenters. The molecule has 0 amide bonds. The van der Waals surface area contributed by atoms with Gasteiger partial charge in [0.25, 0.3) is 0 Å². The number of benzene rings is 12. The molecule has 0 aliphatic heterocycles. The maximum atomic E-state index is 5.33. The van der Waals surface area contributed by atoms with E-state index in [1.807, 2.05) is 97.1 Å². The highest BCUT2D eigenvalue weighted by atomic mass is 15.3. The highest BCUT2D eigenvalue weighted by Crippen LogP contribution is 2.56. The summed E-state index contributed by atoms with van der Waals surface area (Å²) in [6.07, 6.45) is 14.2. The summed E-state index contributed by atoms with van der Waals surface area (Å²) in [4.78, 5) is 50.9. The number of aromatic nitrogens is 8. The summed E-state index contributed by atoms with van der Waals surface area (Å²) in [7, 11) is 0. The zero-order valence-corrected chi connectivity index (χ0v) is 49.5. The van der Waals surface area contributed by atoms with E-state index in [2.05, 4.69) is 202 Å². The number of hydrogen-bond acceptors (Lipinski definition) is 12. The number of anilines is 12. The first-order valence-electron chi connectivity index (χ1n) is 30.4. The zero-order valence-electron chi connectivity index (χ0n) is 49.5. The second-order valence-corrected chi connectivity index (χ2v) is 22.0. The van der Waals surface area contributed by atoms with E-state index in [1.165, 1.54) is 0 Å². The van der Waals surface area contributed by atoms with E-state index in [-0.39, 0.29) is 0 Å². The molecule has 0 N–H and O–H groups in total. The first kappa shape index (κ1) is 54.6. The fourth-order valence-corrected chi connectivity index (χ4v) is 12.6. The standard InChI is InChI=1S/C80H54N12/c1-9-25-55(26-10-1)73-77(85-49-45-81-73)89(59-33-17-5-18-34-59)67-53-68(90(60-35-19-6-20-36-60)78-74(82-46-50-86-78)56-27-11-2-12-28-56)64-43-44-66-70(92(62-39-23-8-24-40-62)80-76(84-48-52-88-80)58-31-15-4-16-32-58)54-69(65-42-41-63(67)71(64)72(65)66)91(61-37-21-7-22-38-61)79-75(83-47-51-87-79)57-29-13-3-14-30-57/h1-54H. The molecule has 0 saturated carbocycles. The lowest BCUT2D eigenvalue weighted by Crippen LogP contribution is -2.18. The average Bonchev–Trinajstić information content (AvgIpc) is 0.703. The van der Waals surface area contributed by atoms with Crippen LogP contribution >= 0.6 is 0 Å². The van der Waals surface area contributed by atoms with Crippen LogP contribution in [-0.2, 0) is 0 Å². The molecule has 4 heterocycles. The van der Waals surface area contributed by atoms with E-state index in [9.17, 15) is 0 Å². The average molecular weight is 1180 g/mol. The third-order valence-electron chi connectivity index (χ3n) is 16.6. The lowest BCUT2D eigenvalue weighted by atomic mass is 9.89. The first-order chi connectivity index (χ1) is 45.7. The Balaban J connectivity index is 1.11. The van der Waals surface area contributed by atoms with E-state index in [4.69, 9.17) is 39.9 Å². The third kappa shape index (κ3) is 9.86. The Morgan fingerprint density at radius 2 is 0.370 bits per heavy atom. The molecule has 434 valence electrons. The minimum absolute atomic E-state index is 0.640. The molecular weight excluding hydrogens is 1130 g/mol. The zero-order chi connectivity index (χ0) is 61.2. The quantitative estimate of drug-likeness (QED) is 0.0858. The van der Waals surface area contributed by atoms with Gasteiger partial charge in [0.05, 0.1) is 22.7 Å². The van der Waals surface area contributed by atoms with Gasteiger partial charge in [-0.1, -0.05) is 218 Å². The fourth-order valence-electron chi connectivity index (χ4n) is 12.6. The van der Waals surface area contributed by atoms with Crippen LogP contribution in [-0.4, -0.2) is 39.9 Å². The van der Waals surface area contributed by atoms with Gasteiger partial charge in [-0.05, 0) is 60.7 Å². The molecule has 92 heavy (non-hydrogen) atoms. The van der Waals surface area contributed by atoms with Crippen molar-refractivity contribution in [1.82, 2.24) is 39.9 Å². The van der Waals surface area contributed by atoms with Crippen molar-refractivity contribution in [1.29, 1.82) is 0 Å². The van der Waals surface area contributed by atoms with Crippen molar-refractivity contribution in [2.24, 2.45) is 0 Å². The highest BCUT2D eigenvalue weighted by molar-refractivity contribution is 6.33. The van der Waals surface area contributed by atoms with Crippen LogP contribution in [0, 0.1) is 0 Å². The number of para-hydroxylation sites is 4. The van der Waals surface area contributed by atoms with Crippen molar-refractivity contribution >= 4 is 101 Å². The Labute approximate surface area is 531 Å². The molecule has 0 radical (unpaired) electrons. The van der Waals surface area contributed by atoms with Crippen molar-refractivity contribution in [2.45, 2.75) is 0 Å². The van der Waals surface area contributed by atoms with Crippen LogP contribution in [0.15, 0.2) is 329 Å². The van der Waals surface area contributed by atoms with Crippen LogP contribution in [0.25, 0.3) is 77.3 Å². The van der Waals surface area contributed by atoms with Crippen molar-refractivity contribution in [2.75, 3.05) is 19.6 Å². The Kier molecular flexibility index (Phi) is 14.3. The Morgan fingerprint density at radius 1 is 0.185 bits per heavy atom. The van der Waals surface area contributed by atoms with E-state index >= 15 is 0 Å². The lowest BCUT2D eigenvalue weighted by molar-refractivity contribution is 1.12. The van der Waals surface area contributed by atoms with Crippen LogP contribution < -0.4 is 19.6 Å². The maximum Gasteiger partial charge on any atom is 0.164 e. The Morgan fingerprint density at radius 3 is 0.576 bits per heavy atom. The molecule has 0 saturated heterocycles. The third-order valence-corrected chi connectivity index (χ3v) is 16.6. The molecule has 0 bridgehead atoms. The summed E-state index contributed by atoms with van der Waals surface area (Å²) in [6, 6.07) is 96.6. The molecule has 12 heteroatoms. The second-order valence-electron chi connectivity index (χ2n) is 22.0. The fraction of sp³-hybridized carbons (Fsp3) is 0. The molecule has 16 rings (SSSR count). The highest BCUT2D eigenvalue weighted by Gasteiger charge is 2.33. The molecule has 0 spiro atoms. The van der Waals surface area contributed by atoms with Gasteiger partial charge < -0.3 is 0 Å². The van der Waals surface area contributed by atoms with Crippen molar-refractivity contribution in [3.8, 4) is 45.0 Å². The van der Waals surface area contributed by atoms with E-state index in [0.29, 0.717) is 46.0 Å². The minimum atomic E-state index is 0.640. The van der Waals surface area contributed by atoms with Gasteiger partial charge in [-0.2, -0.15) is 0 Å². The van der Waals surface area contributed by atoms with Gasteiger partial charge in [-0.15, -0.1) is 0 Å². The van der Waals surface area contributed by atoms with Crippen LogP contribution in [0.4, 0.5) is 68.8 Å². The Bertz CT molecular complexity index is 4580. The number of rotatable bonds is 16. The molecule has 16 aromatic rings. The van der Waals surface area contributed by atoms with E-state index < -0.39 is 0 Å². The van der Waals surface area contributed by atoms with Crippen LogP contribution in [0.3, 0.4) is 0 Å². The van der Waals surface area contributed by atoms with Gasteiger partial charge in [-0.25, -0.2) is 19.9 Å². The van der Waals surface area contributed by atoms with Gasteiger partial charge in [-0.3, -0.25) is 39.5 Å². The SMILES string of the molecule is c1ccc(-c2nccnc2N(c2ccccc2)c2cc(N(c3ccccc3)c3nccnc3-c3ccccc3)c3ccc4c(N(c5ccccc5)c5nccnc5-c5ccccc5)cc(N(c5ccccc5)c5nccnc5-c5ccccc5)c5ccc2c3c54)cc1. The normalized spacial score (nSPS) is 11.3. The number of hydrogen-bond donors (Lipinski definition) is 0. The van der Waals surface area contributed by atoms with Crippen molar-refractivity contribution in [3.63, 3.8) is 0 Å². The summed E-state index contributed by atoms with van der Waals surface area (Å²) in [5, 5.41) is 5.72. The summed E-state index contributed by atoms with van der Waals surface area (Å²) in [6.45, 7) is 0. The molecular formula is C80H54N12. The minimum Gasteiger partial charge on any atom is -0.293 e. The summed E-state index contributed by atoms with van der Waals surface area (Å²) in [5.41, 5.74) is 13.4. The summed E-state index contributed by atoms with van der Waals surface area (Å²) >= 11 is 0. The molecule has 0 fully saturated rings. The largest absolute Gasteiger partial charge is 0.293 e. The van der Waals surface area contributed by atoms with Crippen molar-refractivity contribution < 1.29 is 0 Å². The van der Waals surface area contributed by atoms with Gasteiger partial charge in [0, 0.05) is 127 Å². The van der Waals surface area contributed by atoms with Gasteiger partial charge >= 0.3 is 0 Å². The lowest BCUT2D eigenvalue weighted by Gasteiger charge is -2.34. The molecule has 4 aromatic heterocycles. The summed E-state index contributed by atoms with van der Waals surface area (Å²) in [5.74, 6) is 2.56. The molecule has 12 nitrogen and oxygen atoms in total. The van der Waals surface area contributed by atoms with Gasteiger partial charge in [0.2, 0.25) is 0 Å². The van der Waals surface area contributed by atoms with Crippen LogP contribution in [0.5, 0.6) is 0 Å². The topological polar surface area (TPSA) is 116 Å². The van der Waals surface area contributed by atoms with Gasteiger partial charge in [0.15, 0.2) is 23.3 Å². The van der Waals surface area contributed by atoms with E-state index in [0.717, 1.165) is 100 Å². The predicted molar refractivity (Wildman–Crippen MR) is 373 cm³/mol. The first-order valence-corrected chi connectivity index (χ1v) is 30.4. The monoisotopic (exact) mass is 1180 g/mol. The molecule has 0 unspecified atom stereocenters. The molecule has 0 aliphatic carbocycles. The number of nitrogens with zero attached hydrogens (tertiary/aromatic N) is 12. The smallest absolute Gasteiger partial charge is 0.164 e. The van der Waals surface area contributed by atoms with E-state index in [1.54, 1.807) is 49.6 Å².